The molecule has 0 fully saturated rings. The van der Waals surface area contributed by atoms with E-state index < -0.39 is 22.7 Å². The normalized spacial score (nSPS) is 9.47. The summed E-state index contributed by atoms with van der Waals surface area (Å²) in [5.41, 5.74) is 0. The van der Waals surface area contributed by atoms with Crippen LogP contribution in [0.2, 0.25) is 11.9 Å². The van der Waals surface area contributed by atoms with Crippen molar-refractivity contribution in [3.63, 3.8) is 0 Å². The van der Waals surface area contributed by atoms with Gasteiger partial charge in [-0.2, -0.15) is 0 Å². The number of benzene rings is 1. The Kier molecular flexibility index (Phi) is 10.5. The van der Waals surface area contributed by atoms with Gasteiger partial charge in [-0.1, -0.05) is 18.2 Å². The zero-order valence-corrected chi connectivity index (χ0v) is 15.2. The summed E-state index contributed by atoms with van der Waals surface area (Å²) in [7, 11) is 0. The molecule has 0 aromatic heterocycles. The first-order chi connectivity index (χ1) is 8.13. The van der Waals surface area contributed by atoms with E-state index in [1.807, 2.05) is 18.2 Å². The standard InChI is InChI=1S/C8H8O2.3C2H5.Pb/c1-7(9)10-8-5-3-2-4-6-8;3*1-2;/h2-6H,1H3;3*1H2,2H3;. The van der Waals surface area contributed by atoms with Gasteiger partial charge in [-0.15, -0.1) is 0 Å². The molecule has 1 aromatic rings. The molecule has 0 bridgehead atoms. The molecule has 0 N–H and O–H groups in total. The van der Waals surface area contributed by atoms with Gasteiger partial charge in [0.05, 0.1) is 0 Å². The Morgan fingerprint density at radius 2 is 1.53 bits per heavy atom. The number of rotatable bonds is 4. The van der Waals surface area contributed by atoms with Gasteiger partial charge in [0.2, 0.25) is 0 Å². The van der Waals surface area contributed by atoms with E-state index in [1.54, 1.807) is 24.1 Å². The fourth-order valence-electron chi connectivity index (χ4n) is 1.40. The molecule has 0 unspecified atom stereocenters. The van der Waals surface area contributed by atoms with Crippen LogP contribution in [0.3, 0.4) is 0 Å². The molecule has 0 aliphatic carbocycles. The van der Waals surface area contributed by atoms with E-state index in [0.717, 1.165) is 0 Å². The Morgan fingerprint density at radius 1 is 1.06 bits per heavy atom. The van der Waals surface area contributed by atoms with Gasteiger partial charge in [-0.25, -0.2) is 0 Å². The van der Waals surface area contributed by atoms with E-state index in [4.69, 9.17) is 4.74 Å². The second kappa shape index (κ2) is 10.7. The van der Waals surface area contributed by atoms with Crippen LogP contribution < -0.4 is 4.74 Å². The topological polar surface area (TPSA) is 26.3 Å². The van der Waals surface area contributed by atoms with Gasteiger partial charge in [0.1, 0.15) is 5.75 Å². The zero-order valence-electron chi connectivity index (χ0n) is 11.3. The minimum atomic E-state index is -0.789. The molecular formula is C14H23O2Pb. The number of hydrogen-bond donors (Lipinski definition) is 0. The van der Waals surface area contributed by atoms with Crippen LogP contribution in [0.4, 0.5) is 0 Å². The molecule has 95 valence electrons. The summed E-state index contributed by atoms with van der Waals surface area (Å²) < 4.78 is 9.48. The van der Waals surface area contributed by atoms with Gasteiger partial charge in [-0.3, -0.25) is 4.79 Å². The molecule has 17 heavy (non-hydrogen) atoms. The molecule has 1 aromatic carbocycles. The average molecular weight is 431 g/mol. The third kappa shape index (κ3) is 9.33. The van der Waals surface area contributed by atoms with Crippen LogP contribution in [0.5, 0.6) is 5.75 Å². The summed E-state index contributed by atoms with van der Waals surface area (Å²) in [6.07, 6.45) is 0. The Hall–Kier alpha value is -0.388. The second-order valence-electron chi connectivity index (χ2n) is 3.72. The number of carbonyl (C=O) groups excluding carboxylic acids is 1. The molecule has 0 saturated heterocycles. The summed E-state index contributed by atoms with van der Waals surface area (Å²) in [5, 5.41) is 0. The number of carbonyl (C=O) groups is 1. The van der Waals surface area contributed by atoms with Crippen molar-refractivity contribution in [1.82, 2.24) is 0 Å². The van der Waals surface area contributed by atoms with Crippen molar-refractivity contribution in [2.75, 3.05) is 0 Å². The van der Waals surface area contributed by atoms with Crippen LogP contribution >= 0.6 is 0 Å². The van der Waals surface area contributed by atoms with Crippen LogP contribution in [-0.4, -0.2) is 28.7 Å². The van der Waals surface area contributed by atoms with Crippen molar-refractivity contribution in [2.24, 2.45) is 0 Å². The number of esters is 1. The van der Waals surface area contributed by atoms with E-state index in [9.17, 15) is 4.79 Å². The monoisotopic (exact) mass is 431 g/mol. The summed E-state index contributed by atoms with van der Waals surface area (Å²) in [6, 6.07) is 8.98. The first kappa shape index (κ1) is 16.6. The second-order valence-corrected chi connectivity index (χ2v) is 17.8. The van der Waals surface area contributed by atoms with Gasteiger partial charge in [0.15, 0.2) is 0 Å². The summed E-state index contributed by atoms with van der Waals surface area (Å²) in [5.74, 6) is 0.307. The Morgan fingerprint density at radius 3 is 1.82 bits per heavy atom. The number of hydrogen-bond acceptors (Lipinski definition) is 2. The van der Waals surface area contributed by atoms with Gasteiger partial charge < -0.3 is 4.74 Å². The van der Waals surface area contributed by atoms with Gasteiger partial charge in [0, 0.05) is 6.92 Å². The third-order valence-electron chi connectivity index (χ3n) is 2.50. The Bertz CT molecular complexity index is 289. The predicted molar refractivity (Wildman–Crippen MR) is 74.9 cm³/mol. The maximum atomic E-state index is 10.4. The number of ether oxygens (including phenoxy) is 1. The van der Waals surface area contributed by atoms with Crippen molar-refractivity contribution in [1.29, 1.82) is 0 Å². The summed E-state index contributed by atoms with van der Waals surface area (Å²) >= 11 is -0.789. The molecule has 0 aliphatic rings. The summed E-state index contributed by atoms with van der Waals surface area (Å²) in [6.45, 7) is 8.45. The fraction of sp³-hybridized carbons (Fsp3) is 0.500. The molecule has 0 heterocycles. The molecule has 2 nitrogen and oxygen atoms in total. The SMILES string of the molecule is CC(=O)Oc1ccccc1.C[CH2][Pb]([CH2]C)[CH2]C. The van der Waals surface area contributed by atoms with E-state index in [0.29, 0.717) is 5.75 Å². The Balaban J connectivity index is 0.000000325. The molecule has 1 rings (SSSR count). The minimum absolute atomic E-state index is 0.286. The first-order valence-corrected chi connectivity index (χ1v) is 14.5. The van der Waals surface area contributed by atoms with Crippen molar-refractivity contribution in [3.05, 3.63) is 30.3 Å². The van der Waals surface area contributed by atoms with Crippen LogP contribution in [-0.2, 0) is 4.79 Å². The summed E-state index contributed by atoms with van der Waals surface area (Å²) in [4.78, 5) is 10.4. The van der Waals surface area contributed by atoms with Gasteiger partial charge in [-0.05, 0) is 12.1 Å². The quantitative estimate of drug-likeness (QED) is 0.408. The predicted octanol–water partition coefficient (Wildman–Crippen LogP) is 4.15. The van der Waals surface area contributed by atoms with Crippen LogP contribution in [0.1, 0.15) is 27.7 Å². The fourth-order valence-corrected chi connectivity index (χ4v) is 7.24. The van der Waals surface area contributed by atoms with Crippen molar-refractivity contribution < 1.29 is 9.53 Å². The van der Waals surface area contributed by atoms with E-state index in [-0.39, 0.29) is 5.97 Å². The average Bonchev–Trinajstić information content (AvgIpc) is 2.32. The molecule has 3 heteroatoms. The molecule has 0 saturated carbocycles. The molecule has 1 radical (unpaired) electrons. The number of para-hydroxylation sites is 1. The molecule has 0 atom stereocenters. The van der Waals surface area contributed by atoms with Crippen LogP contribution in [0, 0.1) is 0 Å². The van der Waals surface area contributed by atoms with E-state index >= 15 is 0 Å². The van der Waals surface area contributed by atoms with E-state index in [1.165, 1.54) is 6.92 Å². The third-order valence-corrected chi connectivity index (χ3v) is 14.2. The van der Waals surface area contributed by atoms with Crippen molar-refractivity contribution >= 4 is 28.7 Å². The van der Waals surface area contributed by atoms with Crippen molar-refractivity contribution in [3.8, 4) is 5.75 Å². The van der Waals surface area contributed by atoms with Gasteiger partial charge in [0.25, 0.3) is 0 Å². The van der Waals surface area contributed by atoms with Gasteiger partial charge >= 0.3 is 61.4 Å². The maximum absolute atomic E-state index is 10.4. The molecule has 0 amide bonds. The van der Waals surface area contributed by atoms with E-state index in [2.05, 4.69) is 20.8 Å². The molecule has 0 spiro atoms. The first-order valence-electron chi connectivity index (χ1n) is 6.21. The van der Waals surface area contributed by atoms with Crippen LogP contribution in [0.25, 0.3) is 0 Å². The Labute approximate surface area is 114 Å². The molecule has 0 aliphatic heterocycles. The molecular weight excluding hydrogens is 407 g/mol. The van der Waals surface area contributed by atoms with Crippen molar-refractivity contribution in [2.45, 2.75) is 39.6 Å². The van der Waals surface area contributed by atoms with Crippen LogP contribution in [0.15, 0.2) is 30.3 Å². The zero-order chi connectivity index (χ0) is 13.1.